The lowest BCUT2D eigenvalue weighted by Crippen LogP contribution is -1.94. The quantitative estimate of drug-likeness (QED) is 0.457. The maximum Gasteiger partial charge on any atom is 0.247 e. The Labute approximate surface area is 67.1 Å². The Kier molecular flexibility index (Phi) is 4.37. The molecule has 0 atom stereocenters. The van der Waals surface area contributed by atoms with E-state index in [2.05, 4.69) is 20.4 Å². The Balaban J connectivity index is 3.50. The topological polar surface area (TPSA) is 17.1 Å². The molecule has 0 heterocycles. The molecule has 0 aliphatic carbocycles. The number of hydrogen-bond acceptors (Lipinski definition) is 1. The highest BCUT2D eigenvalue weighted by atomic mass is 35.5. The Morgan fingerprint density at radius 1 is 1.60 bits per heavy atom. The van der Waals surface area contributed by atoms with Gasteiger partial charge in [-0.3, -0.25) is 4.79 Å². The molecule has 0 rings (SSSR count). The highest BCUT2D eigenvalue weighted by molar-refractivity contribution is 6.67. The Bertz CT molecular complexity index is 138. The van der Waals surface area contributed by atoms with Gasteiger partial charge < -0.3 is 0 Å². The normalized spacial score (nSPS) is 10.0. The standard InChI is InChI=1S/C8H13ClO/c1-6(2)4-5-7(3)8(9)10/h6H,3-5H2,1-2H3. The molecule has 0 N–H and O–H groups in total. The predicted octanol–water partition coefficient (Wildman–Crippen LogP) is 2.74. The monoisotopic (exact) mass is 160 g/mol. The van der Waals surface area contributed by atoms with Crippen LogP contribution in [0.1, 0.15) is 26.7 Å². The van der Waals surface area contributed by atoms with Crippen LogP contribution in [0, 0.1) is 5.92 Å². The van der Waals surface area contributed by atoms with Gasteiger partial charge in [0.05, 0.1) is 0 Å². The molecule has 0 saturated heterocycles. The Morgan fingerprint density at radius 3 is 2.40 bits per heavy atom. The molecular weight excluding hydrogens is 148 g/mol. The molecule has 0 aliphatic heterocycles. The van der Waals surface area contributed by atoms with Gasteiger partial charge >= 0.3 is 0 Å². The summed E-state index contributed by atoms with van der Waals surface area (Å²) in [7, 11) is 0. The van der Waals surface area contributed by atoms with Crippen molar-refractivity contribution < 1.29 is 4.79 Å². The van der Waals surface area contributed by atoms with Gasteiger partial charge in [-0.1, -0.05) is 20.4 Å². The summed E-state index contributed by atoms with van der Waals surface area (Å²) in [6, 6.07) is 0. The average Bonchev–Trinajstić information content (AvgIpc) is 1.82. The Morgan fingerprint density at radius 2 is 2.10 bits per heavy atom. The molecule has 0 fully saturated rings. The summed E-state index contributed by atoms with van der Waals surface area (Å²) in [5, 5.41) is -0.402. The first-order valence-corrected chi connectivity index (χ1v) is 3.79. The minimum Gasteiger partial charge on any atom is -0.276 e. The molecule has 2 heteroatoms. The summed E-state index contributed by atoms with van der Waals surface area (Å²) in [4.78, 5) is 10.4. The van der Waals surface area contributed by atoms with Gasteiger partial charge in [0.1, 0.15) is 0 Å². The van der Waals surface area contributed by atoms with Crippen molar-refractivity contribution >= 4 is 16.8 Å². The average molecular weight is 161 g/mol. The van der Waals surface area contributed by atoms with E-state index in [4.69, 9.17) is 11.6 Å². The first-order valence-electron chi connectivity index (χ1n) is 3.41. The smallest absolute Gasteiger partial charge is 0.247 e. The van der Waals surface area contributed by atoms with Crippen molar-refractivity contribution in [2.75, 3.05) is 0 Å². The minimum atomic E-state index is -0.402. The van der Waals surface area contributed by atoms with E-state index < -0.39 is 5.24 Å². The summed E-state index contributed by atoms with van der Waals surface area (Å²) >= 11 is 5.17. The van der Waals surface area contributed by atoms with Crippen LogP contribution in [0.15, 0.2) is 12.2 Å². The van der Waals surface area contributed by atoms with E-state index in [1.807, 2.05) is 0 Å². The third kappa shape index (κ3) is 4.57. The number of allylic oxidation sites excluding steroid dienone is 1. The van der Waals surface area contributed by atoms with E-state index in [0.717, 1.165) is 12.8 Å². The van der Waals surface area contributed by atoms with Crippen LogP contribution in [0.4, 0.5) is 0 Å². The van der Waals surface area contributed by atoms with Gasteiger partial charge in [0.2, 0.25) is 5.24 Å². The fraction of sp³-hybridized carbons (Fsp3) is 0.625. The summed E-state index contributed by atoms with van der Waals surface area (Å²) in [5.41, 5.74) is 0.523. The van der Waals surface area contributed by atoms with Gasteiger partial charge in [-0.05, 0) is 30.4 Å². The fourth-order valence-corrected chi connectivity index (χ4v) is 0.656. The van der Waals surface area contributed by atoms with Crippen molar-refractivity contribution in [2.24, 2.45) is 5.92 Å². The van der Waals surface area contributed by atoms with Crippen molar-refractivity contribution in [3.05, 3.63) is 12.2 Å². The highest BCUT2D eigenvalue weighted by Crippen LogP contribution is 2.11. The SMILES string of the molecule is C=C(CCC(C)C)C(=O)Cl. The molecule has 0 spiro atoms. The van der Waals surface area contributed by atoms with Crippen molar-refractivity contribution in [3.63, 3.8) is 0 Å². The summed E-state index contributed by atoms with van der Waals surface area (Å²) < 4.78 is 0. The van der Waals surface area contributed by atoms with Gasteiger partial charge in [0.15, 0.2) is 0 Å². The molecule has 0 unspecified atom stereocenters. The van der Waals surface area contributed by atoms with Gasteiger partial charge in [-0.15, -0.1) is 0 Å². The molecule has 0 aromatic carbocycles. The molecule has 0 amide bonds. The van der Waals surface area contributed by atoms with E-state index in [1.54, 1.807) is 0 Å². The molecule has 1 nitrogen and oxygen atoms in total. The molecule has 0 radical (unpaired) electrons. The van der Waals surface area contributed by atoms with Gasteiger partial charge in [0.25, 0.3) is 0 Å². The van der Waals surface area contributed by atoms with E-state index in [0.29, 0.717) is 11.5 Å². The summed E-state index contributed by atoms with van der Waals surface area (Å²) in [6.45, 7) is 7.75. The van der Waals surface area contributed by atoms with E-state index in [9.17, 15) is 4.79 Å². The maximum atomic E-state index is 10.4. The van der Waals surface area contributed by atoms with Crippen molar-refractivity contribution in [1.29, 1.82) is 0 Å². The number of carbonyl (C=O) groups is 1. The number of hydrogen-bond donors (Lipinski definition) is 0. The second kappa shape index (κ2) is 4.51. The zero-order valence-corrected chi connectivity index (χ0v) is 7.24. The number of rotatable bonds is 4. The summed E-state index contributed by atoms with van der Waals surface area (Å²) in [6.07, 6.45) is 1.71. The van der Waals surface area contributed by atoms with E-state index >= 15 is 0 Å². The van der Waals surface area contributed by atoms with Crippen LogP contribution in [0.25, 0.3) is 0 Å². The molecule has 0 saturated carbocycles. The van der Waals surface area contributed by atoms with Crippen LogP contribution in [-0.2, 0) is 4.79 Å². The zero-order valence-electron chi connectivity index (χ0n) is 6.48. The predicted molar refractivity (Wildman–Crippen MR) is 44.1 cm³/mol. The fourth-order valence-electron chi connectivity index (χ4n) is 0.561. The zero-order chi connectivity index (χ0) is 8.15. The van der Waals surface area contributed by atoms with Crippen LogP contribution < -0.4 is 0 Å². The van der Waals surface area contributed by atoms with Crippen molar-refractivity contribution in [1.82, 2.24) is 0 Å². The number of carbonyl (C=O) groups excluding carboxylic acids is 1. The number of halogens is 1. The first kappa shape index (κ1) is 9.70. The second-order valence-corrected chi connectivity index (χ2v) is 3.15. The second-order valence-electron chi connectivity index (χ2n) is 2.81. The molecular formula is C8H13ClO. The molecule has 0 aromatic heterocycles. The first-order chi connectivity index (χ1) is 4.54. The Hall–Kier alpha value is -0.300. The van der Waals surface area contributed by atoms with Crippen LogP contribution >= 0.6 is 11.6 Å². The highest BCUT2D eigenvalue weighted by Gasteiger charge is 2.03. The molecule has 10 heavy (non-hydrogen) atoms. The molecule has 58 valence electrons. The molecule has 0 aromatic rings. The summed E-state index contributed by atoms with van der Waals surface area (Å²) in [5.74, 6) is 0.604. The third-order valence-electron chi connectivity index (χ3n) is 1.30. The lowest BCUT2D eigenvalue weighted by Gasteiger charge is -2.02. The minimum absolute atomic E-state index is 0.402. The van der Waals surface area contributed by atoms with Crippen LogP contribution in [0.2, 0.25) is 0 Å². The van der Waals surface area contributed by atoms with Gasteiger partial charge in [-0.25, -0.2) is 0 Å². The molecule has 0 aliphatic rings. The van der Waals surface area contributed by atoms with Crippen molar-refractivity contribution in [2.45, 2.75) is 26.7 Å². The van der Waals surface area contributed by atoms with Gasteiger partial charge in [-0.2, -0.15) is 0 Å². The lowest BCUT2D eigenvalue weighted by molar-refractivity contribution is -0.108. The lowest BCUT2D eigenvalue weighted by atomic mass is 10.0. The molecule has 0 bridgehead atoms. The van der Waals surface area contributed by atoms with Gasteiger partial charge in [0, 0.05) is 5.57 Å². The third-order valence-corrected chi connectivity index (χ3v) is 1.57. The van der Waals surface area contributed by atoms with Crippen LogP contribution in [-0.4, -0.2) is 5.24 Å². The van der Waals surface area contributed by atoms with Crippen LogP contribution in [0.5, 0.6) is 0 Å². The maximum absolute atomic E-state index is 10.4. The van der Waals surface area contributed by atoms with Crippen LogP contribution in [0.3, 0.4) is 0 Å². The van der Waals surface area contributed by atoms with E-state index in [-0.39, 0.29) is 0 Å². The van der Waals surface area contributed by atoms with Crippen molar-refractivity contribution in [3.8, 4) is 0 Å². The van der Waals surface area contributed by atoms with E-state index in [1.165, 1.54) is 0 Å². The largest absolute Gasteiger partial charge is 0.276 e.